The average molecular weight is 415 g/mol. The first-order chi connectivity index (χ1) is 14.7. The number of amides is 1. The third kappa shape index (κ3) is 6.83. The summed E-state index contributed by atoms with van der Waals surface area (Å²) in [7, 11) is 0. The highest BCUT2D eigenvalue weighted by atomic mass is 16.5. The van der Waals surface area contributed by atoms with Crippen molar-refractivity contribution >= 4 is 11.9 Å². The van der Waals surface area contributed by atoms with Gasteiger partial charge in [-0.15, -0.1) is 0 Å². The number of carbonyl (C=O) groups excluding carboxylic acids is 2. The monoisotopic (exact) mass is 414 g/mol. The Kier molecular flexibility index (Phi) is 9.19. The zero-order chi connectivity index (χ0) is 21.2. The molecule has 2 aliphatic rings. The van der Waals surface area contributed by atoms with Crippen LogP contribution in [-0.4, -0.2) is 53.5 Å². The van der Waals surface area contributed by atoms with E-state index < -0.39 is 5.97 Å². The minimum absolute atomic E-state index is 0.110. The Hall–Kier alpha value is -1.88. The fourth-order valence-electron chi connectivity index (χ4n) is 5.00. The second kappa shape index (κ2) is 12.1. The number of carbonyl (C=O) groups is 2. The highest BCUT2D eigenvalue weighted by molar-refractivity contribution is 5.94. The van der Waals surface area contributed by atoms with Gasteiger partial charge in [0, 0.05) is 31.7 Å². The zero-order valence-electron chi connectivity index (χ0n) is 18.6. The van der Waals surface area contributed by atoms with Crippen LogP contribution in [0.2, 0.25) is 0 Å². The maximum Gasteiger partial charge on any atom is 0.315 e. The van der Waals surface area contributed by atoms with Crippen molar-refractivity contribution in [1.82, 2.24) is 9.80 Å². The number of benzene rings is 1. The largest absolute Gasteiger partial charge is 0.466 e. The maximum atomic E-state index is 13.0. The molecule has 0 atom stereocenters. The fraction of sp³-hybridized carbons (Fsp3) is 0.680. The molecule has 0 aromatic heterocycles. The van der Waals surface area contributed by atoms with Gasteiger partial charge in [0.2, 0.25) is 5.91 Å². The van der Waals surface area contributed by atoms with Crippen LogP contribution in [0.4, 0.5) is 0 Å². The summed E-state index contributed by atoms with van der Waals surface area (Å²) in [5, 5.41) is 0. The van der Waals surface area contributed by atoms with Gasteiger partial charge >= 0.3 is 5.97 Å². The molecule has 1 heterocycles. The second-order valence-electron chi connectivity index (χ2n) is 8.76. The lowest BCUT2D eigenvalue weighted by atomic mass is 9.93. The molecule has 1 amide bonds. The van der Waals surface area contributed by atoms with Crippen molar-refractivity contribution in [1.29, 1.82) is 0 Å². The van der Waals surface area contributed by atoms with Gasteiger partial charge in [-0.1, -0.05) is 62.4 Å². The summed E-state index contributed by atoms with van der Waals surface area (Å²) in [4.78, 5) is 29.5. The van der Waals surface area contributed by atoms with Crippen molar-refractivity contribution in [2.24, 2.45) is 0 Å². The summed E-state index contributed by atoms with van der Waals surface area (Å²) >= 11 is 0. The van der Waals surface area contributed by atoms with E-state index in [4.69, 9.17) is 4.74 Å². The normalized spacial score (nSPS) is 19.6. The highest BCUT2D eigenvalue weighted by Gasteiger charge is 2.31. The molecule has 0 spiro atoms. The first-order valence-corrected chi connectivity index (χ1v) is 11.9. The SMILES string of the molecule is CCOC(=O)CC(=O)N(Cc1ccccc1)C1CCN(C2CCCCCCC2)CC1. The van der Waals surface area contributed by atoms with Crippen molar-refractivity contribution in [2.75, 3.05) is 19.7 Å². The molecule has 3 rings (SSSR count). The topological polar surface area (TPSA) is 49.9 Å². The fourth-order valence-corrected chi connectivity index (χ4v) is 5.00. The third-order valence-electron chi connectivity index (χ3n) is 6.65. The Morgan fingerprint density at radius 2 is 1.60 bits per heavy atom. The Morgan fingerprint density at radius 3 is 2.23 bits per heavy atom. The highest BCUT2D eigenvalue weighted by Crippen LogP contribution is 2.27. The number of esters is 1. The molecule has 1 saturated heterocycles. The van der Waals surface area contributed by atoms with Gasteiger partial charge in [0.25, 0.3) is 0 Å². The Morgan fingerprint density at radius 1 is 0.967 bits per heavy atom. The lowest BCUT2D eigenvalue weighted by molar-refractivity contribution is -0.150. The lowest BCUT2D eigenvalue weighted by Gasteiger charge is -2.42. The molecule has 2 fully saturated rings. The molecule has 1 saturated carbocycles. The van der Waals surface area contributed by atoms with Crippen molar-refractivity contribution in [3.63, 3.8) is 0 Å². The Balaban J connectivity index is 1.61. The maximum absolute atomic E-state index is 13.0. The minimum atomic E-state index is -0.424. The van der Waals surface area contributed by atoms with Crippen LogP contribution in [0.1, 0.15) is 76.7 Å². The van der Waals surface area contributed by atoms with Crippen molar-refractivity contribution in [3.05, 3.63) is 35.9 Å². The van der Waals surface area contributed by atoms with Crippen LogP contribution < -0.4 is 0 Å². The Bertz CT molecular complexity index is 648. The van der Waals surface area contributed by atoms with Crippen molar-refractivity contribution in [2.45, 2.75) is 89.8 Å². The number of likely N-dealkylation sites (tertiary alicyclic amines) is 1. The van der Waals surface area contributed by atoms with E-state index in [-0.39, 0.29) is 18.4 Å². The molecule has 1 aromatic rings. The molecule has 0 bridgehead atoms. The van der Waals surface area contributed by atoms with Gasteiger partial charge in [-0.25, -0.2) is 0 Å². The molecule has 0 N–H and O–H groups in total. The van der Waals surface area contributed by atoms with Gasteiger partial charge in [0.15, 0.2) is 0 Å². The first kappa shape index (κ1) is 22.8. The predicted octanol–water partition coefficient (Wildman–Crippen LogP) is 4.55. The summed E-state index contributed by atoms with van der Waals surface area (Å²) in [5.74, 6) is -0.533. The molecule has 5 nitrogen and oxygen atoms in total. The van der Waals surface area contributed by atoms with Gasteiger partial charge in [-0.3, -0.25) is 9.59 Å². The third-order valence-corrected chi connectivity index (χ3v) is 6.65. The van der Waals surface area contributed by atoms with Crippen LogP contribution in [0.5, 0.6) is 0 Å². The number of piperidine rings is 1. The van der Waals surface area contributed by atoms with Crippen molar-refractivity contribution in [3.8, 4) is 0 Å². The molecular formula is C25H38N2O3. The van der Waals surface area contributed by atoms with E-state index in [0.717, 1.165) is 31.5 Å². The summed E-state index contributed by atoms with van der Waals surface area (Å²) in [6.45, 7) is 4.74. The van der Waals surface area contributed by atoms with E-state index in [9.17, 15) is 9.59 Å². The summed E-state index contributed by atoms with van der Waals surface area (Å²) in [6.07, 6.45) is 11.3. The smallest absolute Gasteiger partial charge is 0.315 e. The number of hydrogen-bond donors (Lipinski definition) is 0. The first-order valence-electron chi connectivity index (χ1n) is 11.9. The summed E-state index contributed by atoms with van der Waals surface area (Å²) in [6, 6.07) is 11.0. The Labute approximate surface area is 181 Å². The summed E-state index contributed by atoms with van der Waals surface area (Å²) < 4.78 is 5.02. The second-order valence-corrected chi connectivity index (χ2v) is 8.76. The van der Waals surface area contributed by atoms with Crippen LogP contribution in [0.25, 0.3) is 0 Å². The molecule has 0 radical (unpaired) electrons. The van der Waals surface area contributed by atoms with Gasteiger partial charge in [-0.2, -0.15) is 0 Å². The van der Waals surface area contributed by atoms with E-state index >= 15 is 0 Å². The van der Waals surface area contributed by atoms with E-state index in [1.807, 2.05) is 35.2 Å². The number of rotatable bonds is 7. The lowest BCUT2D eigenvalue weighted by Crippen LogP contribution is -2.50. The number of nitrogens with zero attached hydrogens (tertiary/aromatic N) is 2. The average Bonchev–Trinajstić information content (AvgIpc) is 2.73. The minimum Gasteiger partial charge on any atom is -0.466 e. The molecule has 0 unspecified atom stereocenters. The molecule has 166 valence electrons. The molecule has 1 aliphatic carbocycles. The van der Waals surface area contributed by atoms with Gasteiger partial charge in [0.05, 0.1) is 6.61 Å². The number of hydrogen-bond acceptors (Lipinski definition) is 4. The molecule has 5 heteroatoms. The van der Waals surface area contributed by atoms with Gasteiger partial charge in [0.1, 0.15) is 6.42 Å². The van der Waals surface area contributed by atoms with E-state index in [1.54, 1.807) is 6.92 Å². The van der Waals surface area contributed by atoms with Gasteiger partial charge < -0.3 is 14.5 Å². The molecule has 1 aliphatic heterocycles. The van der Waals surface area contributed by atoms with Crippen molar-refractivity contribution < 1.29 is 14.3 Å². The zero-order valence-corrected chi connectivity index (χ0v) is 18.6. The summed E-state index contributed by atoms with van der Waals surface area (Å²) in [5.41, 5.74) is 1.11. The standard InChI is InChI=1S/C25H38N2O3/c1-2-30-25(29)19-24(28)27(20-21-11-7-6-8-12-21)23-15-17-26(18-16-23)22-13-9-4-3-5-10-14-22/h6-8,11-12,22-23H,2-5,9-10,13-20H2,1H3. The van der Waals surface area contributed by atoms with Crippen LogP contribution in [-0.2, 0) is 20.9 Å². The predicted molar refractivity (Wildman–Crippen MR) is 119 cm³/mol. The van der Waals surface area contributed by atoms with Crippen LogP contribution >= 0.6 is 0 Å². The quantitative estimate of drug-likeness (QED) is 0.485. The van der Waals surface area contributed by atoms with Gasteiger partial charge in [-0.05, 0) is 38.2 Å². The molecule has 1 aromatic carbocycles. The molecular weight excluding hydrogens is 376 g/mol. The molecule has 30 heavy (non-hydrogen) atoms. The van der Waals surface area contributed by atoms with Crippen LogP contribution in [0, 0.1) is 0 Å². The van der Waals surface area contributed by atoms with Crippen LogP contribution in [0.15, 0.2) is 30.3 Å². The van der Waals surface area contributed by atoms with E-state index in [2.05, 4.69) is 4.90 Å². The van der Waals surface area contributed by atoms with Crippen LogP contribution in [0.3, 0.4) is 0 Å². The van der Waals surface area contributed by atoms with E-state index in [1.165, 1.54) is 44.9 Å². The van der Waals surface area contributed by atoms with E-state index in [0.29, 0.717) is 19.2 Å². The number of ether oxygens (including phenoxy) is 1.